The third-order valence-corrected chi connectivity index (χ3v) is 3.81. The van der Waals surface area contributed by atoms with E-state index in [1.165, 1.54) is 6.08 Å². The minimum absolute atomic E-state index is 0.317. The van der Waals surface area contributed by atoms with Crippen LogP contribution in [0.1, 0.15) is 18.1 Å². The van der Waals surface area contributed by atoms with Gasteiger partial charge in [0, 0.05) is 17.6 Å². The molecule has 6 heteroatoms. The number of halogens is 1. The van der Waals surface area contributed by atoms with E-state index >= 15 is 0 Å². The number of hydrogen-bond donors (Lipinski definition) is 1. The third-order valence-electron chi connectivity index (χ3n) is 3.57. The van der Waals surface area contributed by atoms with Crippen LogP contribution < -0.4 is 10.1 Å². The van der Waals surface area contributed by atoms with Gasteiger partial charge in [0.15, 0.2) is 6.61 Å². The molecule has 0 fully saturated rings. The van der Waals surface area contributed by atoms with Gasteiger partial charge in [0.2, 0.25) is 0 Å². The van der Waals surface area contributed by atoms with E-state index in [4.69, 9.17) is 21.1 Å². The van der Waals surface area contributed by atoms with Gasteiger partial charge < -0.3 is 14.8 Å². The summed E-state index contributed by atoms with van der Waals surface area (Å²) in [4.78, 5) is 23.4. The number of amides is 1. The molecule has 0 aliphatic heterocycles. The molecule has 0 aromatic heterocycles. The van der Waals surface area contributed by atoms with Crippen molar-refractivity contribution in [2.45, 2.75) is 13.3 Å². The molecule has 0 atom stereocenters. The Bertz CT molecular complexity index is 787. The molecular formula is C21H22ClNO4. The first-order valence-electron chi connectivity index (χ1n) is 8.65. The Hall–Kier alpha value is -2.79. The van der Waals surface area contributed by atoms with Crippen LogP contribution in [-0.4, -0.2) is 31.6 Å². The fourth-order valence-electron chi connectivity index (χ4n) is 2.28. The van der Waals surface area contributed by atoms with Gasteiger partial charge in [0.1, 0.15) is 5.75 Å². The molecule has 0 aliphatic carbocycles. The Balaban J connectivity index is 1.67. The van der Waals surface area contributed by atoms with Crippen LogP contribution in [0.2, 0.25) is 5.02 Å². The average molecular weight is 388 g/mol. The fourth-order valence-corrected chi connectivity index (χ4v) is 2.49. The SMILES string of the molecule is CCOc1ccc(/C=C/C(=O)OCC(=O)NCCc2cccc(Cl)c2)cc1. The first-order chi connectivity index (χ1) is 13.1. The maximum absolute atomic E-state index is 11.7. The first kappa shape index (κ1) is 20.5. The van der Waals surface area contributed by atoms with Crippen molar-refractivity contribution >= 4 is 29.6 Å². The molecule has 2 aromatic rings. The van der Waals surface area contributed by atoms with Crippen LogP contribution >= 0.6 is 11.6 Å². The molecule has 27 heavy (non-hydrogen) atoms. The topological polar surface area (TPSA) is 64.6 Å². The smallest absolute Gasteiger partial charge is 0.331 e. The van der Waals surface area contributed by atoms with E-state index in [-0.39, 0.29) is 12.5 Å². The predicted molar refractivity (Wildman–Crippen MR) is 106 cm³/mol. The van der Waals surface area contributed by atoms with Gasteiger partial charge in [0.05, 0.1) is 6.61 Å². The van der Waals surface area contributed by atoms with E-state index in [0.29, 0.717) is 24.6 Å². The summed E-state index contributed by atoms with van der Waals surface area (Å²) in [6, 6.07) is 14.7. The third kappa shape index (κ3) is 7.96. The molecule has 0 heterocycles. The van der Waals surface area contributed by atoms with E-state index in [0.717, 1.165) is 16.9 Å². The highest BCUT2D eigenvalue weighted by Gasteiger charge is 2.05. The van der Waals surface area contributed by atoms with E-state index in [9.17, 15) is 9.59 Å². The number of hydrogen-bond acceptors (Lipinski definition) is 4. The van der Waals surface area contributed by atoms with Crippen LogP contribution in [0.15, 0.2) is 54.6 Å². The lowest BCUT2D eigenvalue weighted by Crippen LogP contribution is -2.30. The molecule has 0 aliphatic rings. The Morgan fingerprint density at radius 3 is 2.63 bits per heavy atom. The van der Waals surface area contributed by atoms with Gasteiger partial charge in [-0.15, -0.1) is 0 Å². The van der Waals surface area contributed by atoms with Gasteiger partial charge in [-0.1, -0.05) is 35.9 Å². The molecule has 2 aromatic carbocycles. The summed E-state index contributed by atoms with van der Waals surface area (Å²) < 4.78 is 10.3. The summed E-state index contributed by atoms with van der Waals surface area (Å²) in [7, 11) is 0. The predicted octanol–water partition coefficient (Wildman–Crippen LogP) is 3.65. The van der Waals surface area contributed by atoms with Crippen LogP contribution in [0.4, 0.5) is 0 Å². The summed E-state index contributed by atoms with van der Waals surface area (Å²) in [5.41, 5.74) is 1.86. The van der Waals surface area contributed by atoms with Crippen LogP contribution in [0.3, 0.4) is 0 Å². The maximum atomic E-state index is 11.7. The second-order valence-electron chi connectivity index (χ2n) is 5.67. The number of benzene rings is 2. The zero-order valence-electron chi connectivity index (χ0n) is 15.1. The number of carbonyl (C=O) groups is 2. The highest BCUT2D eigenvalue weighted by Crippen LogP contribution is 2.13. The van der Waals surface area contributed by atoms with Crippen molar-refractivity contribution in [3.05, 3.63) is 70.8 Å². The van der Waals surface area contributed by atoms with Gasteiger partial charge in [0.25, 0.3) is 5.91 Å². The molecule has 0 saturated carbocycles. The normalized spacial score (nSPS) is 10.6. The van der Waals surface area contributed by atoms with Gasteiger partial charge in [-0.2, -0.15) is 0 Å². The van der Waals surface area contributed by atoms with Gasteiger partial charge in [-0.25, -0.2) is 4.79 Å². The highest BCUT2D eigenvalue weighted by atomic mass is 35.5. The molecular weight excluding hydrogens is 366 g/mol. The summed E-state index contributed by atoms with van der Waals surface area (Å²) in [6.45, 7) is 2.64. The van der Waals surface area contributed by atoms with E-state index < -0.39 is 5.97 Å². The minimum Gasteiger partial charge on any atom is -0.494 e. The lowest BCUT2D eigenvalue weighted by molar-refractivity contribution is -0.143. The molecule has 0 spiro atoms. The molecule has 142 valence electrons. The maximum Gasteiger partial charge on any atom is 0.331 e. The number of esters is 1. The molecule has 0 unspecified atom stereocenters. The van der Waals surface area contributed by atoms with Crippen molar-refractivity contribution < 1.29 is 19.1 Å². The Kier molecular flexibility index (Phi) is 8.39. The Labute approximate surface area is 163 Å². The van der Waals surface area contributed by atoms with Crippen molar-refractivity contribution in [1.29, 1.82) is 0 Å². The lowest BCUT2D eigenvalue weighted by Gasteiger charge is -2.06. The second-order valence-corrected chi connectivity index (χ2v) is 6.11. The molecule has 0 bridgehead atoms. The average Bonchev–Trinajstić information content (AvgIpc) is 2.66. The summed E-state index contributed by atoms with van der Waals surface area (Å²) >= 11 is 5.91. The van der Waals surface area contributed by atoms with Gasteiger partial charge in [-0.3, -0.25) is 4.79 Å². The van der Waals surface area contributed by atoms with Crippen molar-refractivity contribution in [2.75, 3.05) is 19.8 Å². The quantitative estimate of drug-likeness (QED) is 0.527. The fraction of sp³-hybridized carbons (Fsp3) is 0.238. The van der Waals surface area contributed by atoms with Gasteiger partial charge in [-0.05, 0) is 54.8 Å². The van der Waals surface area contributed by atoms with Gasteiger partial charge >= 0.3 is 5.97 Å². The van der Waals surface area contributed by atoms with Crippen molar-refractivity contribution in [3.8, 4) is 5.75 Å². The number of ether oxygens (including phenoxy) is 2. The van der Waals surface area contributed by atoms with Crippen LogP contribution in [0, 0.1) is 0 Å². The largest absolute Gasteiger partial charge is 0.494 e. The zero-order chi connectivity index (χ0) is 19.5. The molecule has 0 saturated heterocycles. The van der Waals surface area contributed by atoms with Crippen LogP contribution in [0.25, 0.3) is 6.08 Å². The monoisotopic (exact) mass is 387 g/mol. The molecule has 2 rings (SSSR count). The summed E-state index contributed by atoms with van der Waals surface area (Å²) in [6.07, 6.45) is 3.56. The standard InChI is InChI=1S/C21H22ClNO4/c1-2-26-19-9-6-16(7-10-19)8-11-21(25)27-15-20(24)23-13-12-17-4-3-5-18(22)14-17/h3-11,14H,2,12-13,15H2,1H3,(H,23,24)/b11-8+. The zero-order valence-corrected chi connectivity index (χ0v) is 15.9. The highest BCUT2D eigenvalue weighted by molar-refractivity contribution is 6.30. The van der Waals surface area contributed by atoms with Crippen molar-refractivity contribution in [2.24, 2.45) is 0 Å². The Morgan fingerprint density at radius 1 is 1.15 bits per heavy atom. The first-order valence-corrected chi connectivity index (χ1v) is 9.03. The number of rotatable bonds is 9. The van der Waals surface area contributed by atoms with E-state index in [2.05, 4.69) is 5.32 Å². The molecule has 1 amide bonds. The molecule has 0 radical (unpaired) electrons. The van der Waals surface area contributed by atoms with Crippen LogP contribution in [0.5, 0.6) is 5.75 Å². The van der Waals surface area contributed by atoms with Crippen molar-refractivity contribution in [1.82, 2.24) is 5.32 Å². The van der Waals surface area contributed by atoms with E-state index in [1.807, 2.05) is 49.4 Å². The molecule has 5 nitrogen and oxygen atoms in total. The summed E-state index contributed by atoms with van der Waals surface area (Å²) in [5.74, 6) is -0.152. The number of nitrogens with one attached hydrogen (secondary N) is 1. The number of carbonyl (C=O) groups excluding carboxylic acids is 2. The lowest BCUT2D eigenvalue weighted by atomic mass is 10.1. The van der Waals surface area contributed by atoms with Crippen LogP contribution in [-0.2, 0) is 20.7 Å². The molecule has 1 N–H and O–H groups in total. The minimum atomic E-state index is -0.575. The van der Waals surface area contributed by atoms with E-state index in [1.54, 1.807) is 12.1 Å². The second kappa shape index (κ2) is 11.0. The summed E-state index contributed by atoms with van der Waals surface area (Å²) in [5, 5.41) is 3.36. The Morgan fingerprint density at radius 2 is 1.93 bits per heavy atom. The van der Waals surface area contributed by atoms with Crippen molar-refractivity contribution in [3.63, 3.8) is 0 Å².